The Balaban J connectivity index is 3.15. The van der Waals surface area contributed by atoms with Crippen molar-refractivity contribution in [2.24, 2.45) is 0 Å². The monoisotopic (exact) mass is 224 g/mol. The summed E-state index contributed by atoms with van der Waals surface area (Å²) >= 11 is 0. The minimum absolute atomic E-state index is 0.105. The fraction of sp³-hybridized carbons (Fsp3) is 0.417. The van der Waals surface area contributed by atoms with Crippen LogP contribution in [0.3, 0.4) is 0 Å². The number of aliphatic hydroxyl groups excluding tert-OH is 1. The third kappa shape index (κ3) is 2.52. The summed E-state index contributed by atoms with van der Waals surface area (Å²) in [4.78, 5) is 11.6. The van der Waals surface area contributed by atoms with E-state index in [2.05, 4.69) is 0 Å². The molecule has 0 aliphatic heterocycles. The zero-order valence-corrected chi connectivity index (χ0v) is 9.74. The average molecular weight is 224 g/mol. The van der Waals surface area contributed by atoms with Crippen LogP contribution in [-0.4, -0.2) is 31.7 Å². The lowest BCUT2D eigenvalue weighted by atomic mass is 10.0. The van der Waals surface area contributed by atoms with Gasteiger partial charge in [-0.2, -0.15) is 0 Å². The maximum Gasteiger partial charge on any atom is 0.165 e. The van der Waals surface area contributed by atoms with Crippen molar-refractivity contribution in [2.75, 3.05) is 20.8 Å². The van der Waals surface area contributed by atoms with Gasteiger partial charge in [-0.3, -0.25) is 4.79 Å². The SMILES string of the molecule is COc1cc(C(=O)CCO)cc(C)c1OC. The topological polar surface area (TPSA) is 55.8 Å². The van der Waals surface area contributed by atoms with Gasteiger partial charge in [0.2, 0.25) is 0 Å². The first kappa shape index (κ1) is 12.5. The predicted octanol–water partition coefficient (Wildman–Crippen LogP) is 1.58. The minimum atomic E-state index is -0.147. The Labute approximate surface area is 94.8 Å². The summed E-state index contributed by atoms with van der Waals surface area (Å²) in [5.41, 5.74) is 1.37. The van der Waals surface area contributed by atoms with Gasteiger partial charge in [0.05, 0.1) is 20.8 Å². The Bertz CT molecular complexity index is 385. The molecule has 0 saturated carbocycles. The van der Waals surface area contributed by atoms with E-state index < -0.39 is 0 Å². The zero-order chi connectivity index (χ0) is 12.1. The van der Waals surface area contributed by atoms with Crippen LogP contribution in [0.25, 0.3) is 0 Å². The molecule has 0 amide bonds. The van der Waals surface area contributed by atoms with E-state index in [1.165, 1.54) is 7.11 Å². The molecule has 1 rings (SSSR count). The Morgan fingerprint density at radius 2 is 2.00 bits per heavy atom. The summed E-state index contributed by atoms with van der Waals surface area (Å²) < 4.78 is 10.3. The van der Waals surface area contributed by atoms with Gasteiger partial charge in [-0.25, -0.2) is 0 Å². The van der Waals surface area contributed by atoms with Crippen molar-refractivity contribution in [3.05, 3.63) is 23.3 Å². The van der Waals surface area contributed by atoms with Crippen molar-refractivity contribution in [1.29, 1.82) is 0 Å². The molecule has 1 aromatic rings. The lowest BCUT2D eigenvalue weighted by Crippen LogP contribution is -2.04. The van der Waals surface area contributed by atoms with Crippen LogP contribution in [0.5, 0.6) is 11.5 Å². The predicted molar refractivity (Wildman–Crippen MR) is 60.3 cm³/mol. The Kier molecular flexibility index (Phi) is 4.31. The van der Waals surface area contributed by atoms with Crippen LogP contribution in [0, 0.1) is 6.92 Å². The zero-order valence-electron chi connectivity index (χ0n) is 9.74. The van der Waals surface area contributed by atoms with Gasteiger partial charge in [-0.05, 0) is 24.6 Å². The summed E-state index contributed by atoms with van der Waals surface area (Å²) in [7, 11) is 3.08. The fourth-order valence-corrected chi connectivity index (χ4v) is 1.56. The molecule has 4 nitrogen and oxygen atoms in total. The van der Waals surface area contributed by atoms with Crippen molar-refractivity contribution >= 4 is 5.78 Å². The van der Waals surface area contributed by atoms with Crippen LogP contribution < -0.4 is 9.47 Å². The molecule has 1 N–H and O–H groups in total. The molecule has 0 spiro atoms. The molecule has 0 fully saturated rings. The molecular weight excluding hydrogens is 208 g/mol. The second-order valence-electron chi connectivity index (χ2n) is 3.43. The lowest BCUT2D eigenvalue weighted by molar-refractivity contribution is 0.0956. The first-order chi connectivity index (χ1) is 7.63. The number of ether oxygens (including phenoxy) is 2. The van der Waals surface area contributed by atoms with Gasteiger partial charge >= 0.3 is 0 Å². The van der Waals surface area contributed by atoms with Crippen molar-refractivity contribution in [3.63, 3.8) is 0 Å². The first-order valence-electron chi connectivity index (χ1n) is 5.00. The lowest BCUT2D eigenvalue weighted by Gasteiger charge is -2.12. The molecule has 0 saturated heterocycles. The molecule has 0 aliphatic rings. The molecule has 1 aromatic carbocycles. The summed E-state index contributed by atoms with van der Waals surface area (Å²) in [6, 6.07) is 3.36. The number of Topliss-reactive ketones (excluding diaryl/α,β-unsaturated/α-hetero) is 1. The van der Waals surface area contributed by atoms with Crippen molar-refractivity contribution in [1.82, 2.24) is 0 Å². The summed E-state index contributed by atoms with van der Waals surface area (Å²) in [5.74, 6) is 1.05. The van der Waals surface area contributed by atoms with Gasteiger partial charge < -0.3 is 14.6 Å². The third-order valence-electron chi connectivity index (χ3n) is 2.33. The highest BCUT2D eigenvalue weighted by Crippen LogP contribution is 2.32. The van der Waals surface area contributed by atoms with E-state index in [4.69, 9.17) is 14.6 Å². The van der Waals surface area contributed by atoms with Crippen LogP contribution >= 0.6 is 0 Å². The van der Waals surface area contributed by atoms with Gasteiger partial charge in [0.15, 0.2) is 17.3 Å². The standard InChI is InChI=1S/C12H16O4/c1-8-6-9(10(14)4-5-13)7-11(15-2)12(8)16-3/h6-7,13H,4-5H2,1-3H3. The largest absolute Gasteiger partial charge is 0.493 e. The molecule has 88 valence electrons. The molecule has 0 radical (unpaired) electrons. The van der Waals surface area contributed by atoms with Crippen LogP contribution in [0.2, 0.25) is 0 Å². The number of aryl methyl sites for hydroxylation is 1. The number of hydrogen-bond donors (Lipinski definition) is 1. The molecule has 0 atom stereocenters. The Morgan fingerprint density at radius 3 is 2.50 bits per heavy atom. The third-order valence-corrected chi connectivity index (χ3v) is 2.33. The average Bonchev–Trinajstić information content (AvgIpc) is 2.28. The first-order valence-corrected chi connectivity index (χ1v) is 5.00. The fourth-order valence-electron chi connectivity index (χ4n) is 1.56. The maximum atomic E-state index is 11.6. The van der Waals surface area contributed by atoms with Gasteiger partial charge in [0, 0.05) is 12.0 Å². The number of methoxy groups -OCH3 is 2. The highest BCUT2D eigenvalue weighted by molar-refractivity contribution is 5.97. The van der Waals surface area contributed by atoms with Gasteiger partial charge in [-0.15, -0.1) is 0 Å². The molecule has 4 heteroatoms. The molecule has 0 unspecified atom stereocenters. The molecule has 0 aliphatic carbocycles. The second kappa shape index (κ2) is 5.51. The van der Waals surface area contributed by atoms with E-state index in [0.717, 1.165) is 5.56 Å². The molecule has 16 heavy (non-hydrogen) atoms. The van der Waals surface area contributed by atoms with Crippen molar-refractivity contribution in [2.45, 2.75) is 13.3 Å². The van der Waals surface area contributed by atoms with Crippen molar-refractivity contribution in [3.8, 4) is 11.5 Å². The number of benzene rings is 1. The summed E-state index contributed by atoms with van der Waals surface area (Å²) in [5, 5.41) is 8.72. The van der Waals surface area contributed by atoms with Crippen LogP contribution in [-0.2, 0) is 0 Å². The molecule has 0 heterocycles. The number of carbonyl (C=O) groups is 1. The maximum absolute atomic E-state index is 11.6. The van der Waals surface area contributed by atoms with E-state index in [1.807, 2.05) is 6.92 Å². The van der Waals surface area contributed by atoms with Crippen LogP contribution in [0.4, 0.5) is 0 Å². The molecule has 0 bridgehead atoms. The van der Waals surface area contributed by atoms with Crippen molar-refractivity contribution < 1.29 is 19.4 Å². The van der Waals surface area contributed by atoms with E-state index in [9.17, 15) is 4.79 Å². The normalized spacial score (nSPS) is 10.0. The minimum Gasteiger partial charge on any atom is -0.493 e. The number of carbonyl (C=O) groups excluding carboxylic acids is 1. The Hall–Kier alpha value is -1.55. The number of aliphatic hydroxyl groups is 1. The number of rotatable bonds is 5. The number of hydrogen-bond acceptors (Lipinski definition) is 4. The van der Waals surface area contributed by atoms with Crippen LogP contribution in [0.15, 0.2) is 12.1 Å². The molecule has 0 aromatic heterocycles. The van der Waals surface area contributed by atoms with Gasteiger partial charge in [0.1, 0.15) is 0 Å². The summed E-state index contributed by atoms with van der Waals surface area (Å²) in [6.07, 6.45) is 0.120. The Morgan fingerprint density at radius 1 is 1.31 bits per heavy atom. The highest BCUT2D eigenvalue weighted by Gasteiger charge is 2.13. The molecular formula is C12H16O4. The van der Waals surface area contributed by atoms with Gasteiger partial charge in [0.25, 0.3) is 0 Å². The second-order valence-corrected chi connectivity index (χ2v) is 3.43. The number of ketones is 1. The van der Waals surface area contributed by atoms with E-state index in [0.29, 0.717) is 17.1 Å². The van der Waals surface area contributed by atoms with Gasteiger partial charge in [-0.1, -0.05) is 0 Å². The van der Waals surface area contributed by atoms with Crippen LogP contribution in [0.1, 0.15) is 22.3 Å². The quantitative estimate of drug-likeness (QED) is 0.771. The van der Waals surface area contributed by atoms with E-state index in [-0.39, 0.29) is 18.8 Å². The van der Waals surface area contributed by atoms with E-state index >= 15 is 0 Å². The van der Waals surface area contributed by atoms with E-state index in [1.54, 1.807) is 19.2 Å². The summed E-state index contributed by atoms with van der Waals surface area (Å²) in [6.45, 7) is 1.70. The highest BCUT2D eigenvalue weighted by atomic mass is 16.5. The smallest absolute Gasteiger partial charge is 0.165 e.